The van der Waals surface area contributed by atoms with Crippen LogP contribution in [0, 0.1) is 12.8 Å². The summed E-state index contributed by atoms with van der Waals surface area (Å²) in [7, 11) is -2.80. The lowest BCUT2D eigenvalue weighted by molar-refractivity contribution is 0.194. The van der Waals surface area contributed by atoms with Gasteiger partial charge < -0.3 is 5.11 Å². The molecule has 8 heteroatoms. The molecule has 0 saturated heterocycles. The van der Waals surface area contributed by atoms with Gasteiger partial charge in [-0.15, -0.1) is 4.36 Å². The largest absolute Gasteiger partial charge is 0.464 e. The summed E-state index contributed by atoms with van der Waals surface area (Å²) in [6.07, 6.45) is 4.60. The highest BCUT2D eigenvalue weighted by Crippen LogP contribution is 2.29. The number of hydrogen-bond acceptors (Lipinski definition) is 5. The van der Waals surface area contributed by atoms with Gasteiger partial charge in [-0.25, -0.2) is 9.36 Å². The Morgan fingerprint density at radius 2 is 2.00 bits per heavy atom. The average Bonchev–Trinajstić information content (AvgIpc) is 2.43. The first-order chi connectivity index (χ1) is 10.4. The van der Waals surface area contributed by atoms with Gasteiger partial charge >= 0.3 is 16.6 Å². The van der Waals surface area contributed by atoms with E-state index in [9.17, 15) is 18.0 Å². The number of carbonyl (C=O) groups is 1. The van der Waals surface area contributed by atoms with E-state index >= 15 is 0 Å². The van der Waals surface area contributed by atoms with E-state index in [-0.39, 0.29) is 11.4 Å². The third-order valence-electron chi connectivity index (χ3n) is 4.04. The summed E-state index contributed by atoms with van der Waals surface area (Å²) in [6, 6.07) is 1.55. The van der Waals surface area contributed by atoms with Gasteiger partial charge in [-0.3, -0.25) is 4.79 Å². The molecule has 0 atom stereocenters. The molecule has 1 N–H and O–H groups in total. The molecule has 7 nitrogen and oxygen atoms in total. The maximum Gasteiger partial charge on any atom is 0.418 e. The maximum absolute atomic E-state index is 12.2. The van der Waals surface area contributed by atoms with Crippen molar-refractivity contribution in [3.8, 4) is 0 Å². The summed E-state index contributed by atoms with van der Waals surface area (Å²) in [5.74, 6) is 0.377. The highest BCUT2D eigenvalue weighted by atomic mass is 32.2. The number of aryl methyl sites for hydroxylation is 1. The molecule has 0 aliphatic heterocycles. The van der Waals surface area contributed by atoms with Gasteiger partial charge in [0.25, 0.3) is 5.56 Å². The second kappa shape index (κ2) is 6.87. The van der Waals surface area contributed by atoms with Gasteiger partial charge in [-0.1, -0.05) is 32.1 Å². The minimum absolute atomic E-state index is 0.263. The average molecular weight is 326 g/mol. The zero-order valence-corrected chi connectivity index (χ0v) is 13.1. The first kappa shape index (κ1) is 16.4. The summed E-state index contributed by atoms with van der Waals surface area (Å²) in [4.78, 5) is 23.4. The van der Waals surface area contributed by atoms with Crippen LogP contribution in [0.4, 0.5) is 10.5 Å². The Morgan fingerprint density at radius 3 is 2.55 bits per heavy atom. The lowest BCUT2D eigenvalue weighted by atomic mass is 9.84. The third kappa shape index (κ3) is 3.62. The number of aromatic nitrogens is 1. The summed E-state index contributed by atoms with van der Waals surface area (Å²) in [5.41, 5.74) is -0.413. The van der Waals surface area contributed by atoms with Gasteiger partial charge in [0.1, 0.15) is 0 Å². The minimum atomic E-state index is -2.80. The molecule has 1 aromatic heterocycles. The van der Waals surface area contributed by atoms with Crippen LogP contribution in [0.15, 0.2) is 15.2 Å². The molecule has 2 rings (SSSR count). The van der Waals surface area contributed by atoms with Crippen molar-refractivity contribution in [2.24, 2.45) is 10.3 Å². The van der Waals surface area contributed by atoms with Gasteiger partial charge in [0.2, 0.25) is 0 Å². The third-order valence-corrected chi connectivity index (χ3v) is 4.37. The fourth-order valence-electron chi connectivity index (χ4n) is 3.06. The fourth-order valence-corrected chi connectivity index (χ4v) is 3.40. The van der Waals surface area contributed by atoms with E-state index < -0.39 is 22.2 Å². The first-order valence-electron chi connectivity index (χ1n) is 7.20. The monoisotopic (exact) mass is 326 g/mol. The minimum Gasteiger partial charge on any atom is -0.464 e. The Hall–Kier alpha value is -1.96. The van der Waals surface area contributed by atoms with Crippen molar-refractivity contribution in [2.45, 2.75) is 45.4 Å². The zero-order chi connectivity index (χ0) is 16.3. The van der Waals surface area contributed by atoms with Crippen LogP contribution in [0.2, 0.25) is 0 Å². The molecular formula is C14H18N2O5S. The number of pyridine rings is 1. The SMILES string of the molecule is Cc1cc(CC2CCCCC2)c(N=S(=O)=O)c(=O)n1C(=O)O. The molecule has 22 heavy (non-hydrogen) atoms. The highest BCUT2D eigenvalue weighted by Gasteiger charge is 2.21. The molecule has 1 aromatic rings. The molecule has 1 aliphatic rings. The van der Waals surface area contributed by atoms with E-state index in [0.29, 0.717) is 22.5 Å². The van der Waals surface area contributed by atoms with Crippen LogP contribution in [0.5, 0.6) is 0 Å². The quantitative estimate of drug-likeness (QED) is 0.918. The summed E-state index contributed by atoms with van der Waals surface area (Å²) in [6.45, 7) is 1.51. The molecule has 1 heterocycles. The van der Waals surface area contributed by atoms with Gasteiger partial charge in [-0.05, 0) is 30.9 Å². The molecule has 120 valence electrons. The Kier molecular flexibility index (Phi) is 5.12. The van der Waals surface area contributed by atoms with Crippen LogP contribution >= 0.6 is 0 Å². The number of carboxylic acid groups (broad SMARTS) is 1. The summed E-state index contributed by atoms with van der Waals surface area (Å²) >= 11 is 0. The normalized spacial score (nSPS) is 15.5. The van der Waals surface area contributed by atoms with Gasteiger partial charge in [0.05, 0.1) is 0 Å². The van der Waals surface area contributed by atoms with Crippen LogP contribution in [0.1, 0.15) is 43.4 Å². The van der Waals surface area contributed by atoms with Crippen molar-refractivity contribution in [3.05, 3.63) is 27.7 Å². The van der Waals surface area contributed by atoms with E-state index in [1.807, 2.05) is 0 Å². The van der Waals surface area contributed by atoms with Crippen LogP contribution < -0.4 is 5.56 Å². The molecular weight excluding hydrogens is 308 g/mol. The topological polar surface area (TPSA) is 106 Å². The van der Waals surface area contributed by atoms with E-state index in [2.05, 4.69) is 4.36 Å². The Balaban J connectivity index is 2.54. The molecule has 1 saturated carbocycles. The molecule has 0 spiro atoms. The lowest BCUT2D eigenvalue weighted by Crippen LogP contribution is -2.28. The zero-order valence-electron chi connectivity index (χ0n) is 12.3. The van der Waals surface area contributed by atoms with Crippen LogP contribution in [0.25, 0.3) is 0 Å². The maximum atomic E-state index is 12.2. The molecule has 0 unspecified atom stereocenters. The van der Waals surface area contributed by atoms with E-state index in [0.717, 1.165) is 25.7 Å². The highest BCUT2D eigenvalue weighted by molar-refractivity contribution is 7.61. The van der Waals surface area contributed by atoms with E-state index in [1.54, 1.807) is 6.07 Å². The van der Waals surface area contributed by atoms with E-state index in [1.165, 1.54) is 13.3 Å². The number of hydrogen-bond donors (Lipinski definition) is 1. The smallest absolute Gasteiger partial charge is 0.418 e. The van der Waals surface area contributed by atoms with Crippen molar-refractivity contribution in [3.63, 3.8) is 0 Å². The Morgan fingerprint density at radius 1 is 1.36 bits per heavy atom. The summed E-state index contributed by atoms with van der Waals surface area (Å²) in [5, 5.41) is 9.08. The molecule has 0 aromatic carbocycles. The Bertz CT molecular complexity index is 765. The Labute approximate surface area is 129 Å². The standard InChI is InChI=1S/C14H18N2O5S/c1-9-7-11(8-10-5-3-2-4-6-10)12(15-22(20)21)13(17)16(9)14(18)19/h7,10H,2-6,8H2,1H3,(H,18,19). The van der Waals surface area contributed by atoms with Crippen LogP contribution in [-0.4, -0.2) is 24.2 Å². The van der Waals surface area contributed by atoms with Crippen molar-refractivity contribution < 1.29 is 18.3 Å². The first-order valence-corrected chi connectivity index (χ1v) is 8.23. The predicted molar refractivity (Wildman–Crippen MR) is 80.1 cm³/mol. The lowest BCUT2D eigenvalue weighted by Gasteiger charge is -2.22. The van der Waals surface area contributed by atoms with Gasteiger partial charge in [-0.2, -0.15) is 8.42 Å². The van der Waals surface area contributed by atoms with Crippen molar-refractivity contribution in [2.75, 3.05) is 0 Å². The molecule has 0 amide bonds. The van der Waals surface area contributed by atoms with Crippen molar-refractivity contribution in [1.82, 2.24) is 4.57 Å². The molecule has 1 aliphatic carbocycles. The summed E-state index contributed by atoms with van der Waals surface area (Å²) < 4.78 is 25.6. The molecule has 0 bridgehead atoms. The van der Waals surface area contributed by atoms with E-state index in [4.69, 9.17) is 5.11 Å². The number of rotatable bonds is 3. The molecule has 1 fully saturated rings. The molecule has 0 radical (unpaired) electrons. The van der Waals surface area contributed by atoms with Gasteiger partial charge in [0, 0.05) is 5.69 Å². The van der Waals surface area contributed by atoms with Crippen LogP contribution in [0.3, 0.4) is 0 Å². The fraction of sp³-hybridized carbons (Fsp3) is 0.571. The van der Waals surface area contributed by atoms with Crippen molar-refractivity contribution in [1.29, 1.82) is 0 Å². The van der Waals surface area contributed by atoms with Crippen molar-refractivity contribution >= 4 is 22.3 Å². The second-order valence-electron chi connectivity index (χ2n) is 5.60. The van der Waals surface area contributed by atoms with Crippen LogP contribution in [-0.2, 0) is 16.9 Å². The second-order valence-corrected chi connectivity index (χ2v) is 6.22. The number of nitrogens with zero attached hydrogens (tertiary/aromatic N) is 2. The predicted octanol–water partition coefficient (Wildman–Crippen LogP) is 2.50. The van der Waals surface area contributed by atoms with Gasteiger partial charge in [0.15, 0.2) is 5.69 Å².